The molecule has 1 aromatic carbocycles. The van der Waals surface area contributed by atoms with Crippen LogP contribution in [0.25, 0.3) is 0 Å². The number of alkyl halides is 3. The van der Waals surface area contributed by atoms with E-state index in [0.717, 1.165) is 4.90 Å². The number of rotatable bonds is 4. The molecule has 28 heavy (non-hydrogen) atoms. The minimum atomic E-state index is -1.79. The molecule has 5 nitrogen and oxygen atoms in total. The van der Waals surface area contributed by atoms with Crippen molar-refractivity contribution in [1.29, 1.82) is 0 Å². The first-order valence-electron chi connectivity index (χ1n) is 7.97. The molecule has 0 radical (unpaired) electrons. The van der Waals surface area contributed by atoms with Gasteiger partial charge in [0.1, 0.15) is 0 Å². The Kier molecular flexibility index (Phi) is 6.02. The summed E-state index contributed by atoms with van der Waals surface area (Å²) in [5, 5.41) is 10.3. The lowest BCUT2D eigenvalue weighted by Gasteiger charge is -2.42. The van der Waals surface area contributed by atoms with Crippen LogP contribution >= 0.6 is 71.0 Å². The first kappa shape index (κ1) is 22.2. The van der Waals surface area contributed by atoms with E-state index in [1.807, 2.05) is 0 Å². The first-order valence-corrected chi connectivity index (χ1v) is 11.4. The predicted molar refractivity (Wildman–Crippen MR) is 119 cm³/mol. The van der Waals surface area contributed by atoms with Crippen molar-refractivity contribution in [3.63, 3.8) is 0 Å². The van der Waals surface area contributed by atoms with Gasteiger partial charge in [0.05, 0.1) is 17.0 Å². The van der Waals surface area contributed by atoms with Crippen LogP contribution in [0.1, 0.15) is 17.9 Å². The SMILES string of the molecule is C=CC1=CC[C@@]2(Cl)C(=O)N(CBr)C(=O)[C@@]2(Cl)[C@H]1c1cc(OC)c(O)c(Br)c1Br. The molecule has 10 heteroatoms. The number of carbonyl (C=O) groups excluding carboxylic acids is 2. The lowest BCUT2D eigenvalue weighted by molar-refractivity contribution is -0.138. The fourth-order valence-corrected chi connectivity index (χ4v) is 5.99. The summed E-state index contributed by atoms with van der Waals surface area (Å²) in [5.41, 5.74) is 1.14. The molecule has 0 bridgehead atoms. The Balaban J connectivity index is 2.36. The van der Waals surface area contributed by atoms with Crippen LogP contribution < -0.4 is 4.74 Å². The topological polar surface area (TPSA) is 66.8 Å². The van der Waals surface area contributed by atoms with E-state index in [4.69, 9.17) is 27.9 Å². The van der Waals surface area contributed by atoms with Gasteiger partial charge in [-0.25, -0.2) is 0 Å². The molecule has 1 fully saturated rings. The molecule has 0 aromatic heterocycles. The largest absolute Gasteiger partial charge is 0.503 e. The Morgan fingerprint density at radius 1 is 1.36 bits per heavy atom. The lowest BCUT2D eigenvalue weighted by Crippen LogP contribution is -2.55. The summed E-state index contributed by atoms with van der Waals surface area (Å²) in [6, 6.07) is 1.56. The van der Waals surface area contributed by atoms with Crippen molar-refractivity contribution in [2.24, 2.45) is 0 Å². The fourth-order valence-electron chi connectivity index (χ4n) is 3.70. The van der Waals surface area contributed by atoms with E-state index in [1.54, 1.807) is 18.2 Å². The number of ether oxygens (including phenoxy) is 1. The number of halogens is 5. The Morgan fingerprint density at radius 3 is 2.54 bits per heavy atom. The fraction of sp³-hybridized carbons (Fsp3) is 0.333. The number of carbonyl (C=O) groups is 2. The maximum Gasteiger partial charge on any atom is 0.254 e. The number of benzene rings is 1. The predicted octanol–water partition coefficient (Wildman–Crippen LogP) is 5.20. The first-order chi connectivity index (χ1) is 13.1. The van der Waals surface area contributed by atoms with Crippen LogP contribution in [0.5, 0.6) is 11.5 Å². The van der Waals surface area contributed by atoms with Crippen LogP contribution in [-0.2, 0) is 9.59 Å². The van der Waals surface area contributed by atoms with Crippen LogP contribution in [0.2, 0.25) is 0 Å². The van der Waals surface area contributed by atoms with Crippen LogP contribution in [0, 0.1) is 0 Å². The highest BCUT2D eigenvalue weighted by atomic mass is 79.9. The number of imide groups is 1. The van der Waals surface area contributed by atoms with Crippen molar-refractivity contribution in [3.8, 4) is 11.5 Å². The van der Waals surface area contributed by atoms with Gasteiger partial charge in [-0.15, -0.1) is 23.2 Å². The molecule has 1 aliphatic carbocycles. The molecule has 1 N–H and O–H groups in total. The number of allylic oxidation sites excluding steroid dienone is 3. The molecular formula is C18H14Br3Cl2NO4. The number of aromatic hydroxyl groups is 1. The van der Waals surface area contributed by atoms with E-state index in [-0.39, 0.29) is 23.4 Å². The van der Waals surface area contributed by atoms with Crippen molar-refractivity contribution < 1.29 is 19.4 Å². The minimum absolute atomic E-state index is 0.0203. The number of phenolic OH excluding ortho intramolecular Hbond substituents is 1. The van der Waals surface area contributed by atoms with Gasteiger partial charge >= 0.3 is 0 Å². The Hall–Kier alpha value is -0.540. The van der Waals surface area contributed by atoms with Crippen molar-refractivity contribution >= 4 is 82.8 Å². The number of likely N-dealkylation sites (tertiary alicyclic amines) is 1. The van der Waals surface area contributed by atoms with Crippen molar-refractivity contribution in [3.05, 3.63) is 44.9 Å². The third-order valence-corrected chi connectivity index (χ3v) is 9.20. The zero-order valence-corrected chi connectivity index (χ0v) is 20.7. The summed E-state index contributed by atoms with van der Waals surface area (Å²) in [4.78, 5) is 23.7. The summed E-state index contributed by atoms with van der Waals surface area (Å²) < 4.78 is 6.03. The summed E-state index contributed by atoms with van der Waals surface area (Å²) in [6.45, 7) is 3.83. The van der Waals surface area contributed by atoms with E-state index in [0.29, 0.717) is 20.1 Å². The van der Waals surface area contributed by atoms with Gasteiger partial charge < -0.3 is 9.84 Å². The maximum absolute atomic E-state index is 13.3. The maximum atomic E-state index is 13.3. The third-order valence-electron chi connectivity index (χ3n) is 5.13. The van der Waals surface area contributed by atoms with E-state index in [1.165, 1.54) is 7.11 Å². The van der Waals surface area contributed by atoms with Gasteiger partial charge in [-0.1, -0.05) is 34.7 Å². The molecule has 0 spiro atoms. The molecule has 1 aliphatic heterocycles. The molecule has 1 aromatic rings. The van der Waals surface area contributed by atoms with Crippen LogP contribution in [0.15, 0.2) is 39.3 Å². The van der Waals surface area contributed by atoms with Gasteiger partial charge in [-0.3, -0.25) is 14.5 Å². The summed E-state index contributed by atoms with van der Waals surface area (Å²) >= 11 is 23.7. The number of amides is 2. The zero-order valence-electron chi connectivity index (χ0n) is 14.4. The standard InChI is InChI=1S/C18H14Br3Cl2NO4/c1-3-8-4-5-17(22)15(26)24(7-19)16(27)18(17,23)11(8)9-6-10(28-2)14(25)13(21)12(9)20/h3-4,6,11,25H,1,5,7H2,2H3/t11-,17-,18+/m1/s1. The highest BCUT2D eigenvalue weighted by Crippen LogP contribution is 2.61. The van der Waals surface area contributed by atoms with Crippen molar-refractivity contribution in [2.45, 2.75) is 22.1 Å². The van der Waals surface area contributed by atoms with Gasteiger partial charge in [0.25, 0.3) is 11.8 Å². The number of hydrogen-bond donors (Lipinski definition) is 1. The molecule has 1 saturated heterocycles. The molecule has 1 heterocycles. The Bertz CT molecular complexity index is 938. The molecule has 0 saturated carbocycles. The average molecular weight is 619 g/mol. The minimum Gasteiger partial charge on any atom is -0.503 e. The average Bonchev–Trinajstić information content (AvgIpc) is 2.83. The molecule has 3 atom stereocenters. The number of hydrogen-bond acceptors (Lipinski definition) is 4. The smallest absolute Gasteiger partial charge is 0.254 e. The second kappa shape index (κ2) is 7.61. The van der Waals surface area contributed by atoms with Crippen molar-refractivity contribution in [2.75, 3.05) is 12.6 Å². The van der Waals surface area contributed by atoms with Gasteiger partial charge in [-0.2, -0.15) is 0 Å². The van der Waals surface area contributed by atoms with Gasteiger partial charge in [0, 0.05) is 10.4 Å². The highest BCUT2D eigenvalue weighted by molar-refractivity contribution is 9.13. The second-order valence-corrected chi connectivity index (χ2v) is 9.69. The number of fused-ring (bicyclic) bond motifs is 1. The number of methoxy groups -OCH3 is 1. The quantitative estimate of drug-likeness (QED) is 0.286. The Morgan fingerprint density at radius 2 is 2.00 bits per heavy atom. The van der Waals surface area contributed by atoms with E-state index in [2.05, 4.69) is 54.4 Å². The highest BCUT2D eigenvalue weighted by Gasteiger charge is 2.72. The van der Waals surface area contributed by atoms with Crippen LogP contribution in [0.3, 0.4) is 0 Å². The molecule has 2 aliphatic rings. The van der Waals surface area contributed by atoms with Gasteiger partial charge in [0.15, 0.2) is 21.2 Å². The monoisotopic (exact) mass is 615 g/mol. The lowest BCUT2D eigenvalue weighted by atomic mass is 9.68. The van der Waals surface area contributed by atoms with Crippen LogP contribution in [-0.4, -0.2) is 44.1 Å². The Labute approximate surface area is 197 Å². The number of phenols is 1. The molecule has 3 rings (SSSR count). The van der Waals surface area contributed by atoms with Crippen molar-refractivity contribution in [1.82, 2.24) is 4.90 Å². The third kappa shape index (κ3) is 2.75. The summed E-state index contributed by atoms with van der Waals surface area (Å²) in [6.07, 6.45) is 3.42. The van der Waals surface area contributed by atoms with E-state index >= 15 is 0 Å². The van der Waals surface area contributed by atoms with Gasteiger partial charge in [-0.05, 0) is 55.5 Å². The van der Waals surface area contributed by atoms with E-state index in [9.17, 15) is 14.7 Å². The molecular weight excluding hydrogens is 605 g/mol. The van der Waals surface area contributed by atoms with Gasteiger partial charge in [0.2, 0.25) is 0 Å². The summed E-state index contributed by atoms with van der Waals surface area (Å²) in [7, 11) is 1.41. The van der Waals surface area contributed by atoms with E-state index < -0.39 is 27.5 Å². The van der Waals surface area contributed by atoms with Crippen LogP contribution in [0.4, 0.5) is 0 Å². The second-order valence-electron chi connectivity index (χ2n) is 6.36. The molecule has 2 amide bonds. The summed E-state index contributed by atoms with van der Waals surface area (Å²) in [5.74, 6) is -1.92. The number of nitrogens with zero attached hydrogens (tertiary/aromatic N) is 1. The molecule has 150 valence electrons. The normalized spacial score (nSPS) is 29.6. The zero-order chi connectivity index (χ0) is 21.0. The molecule has 0 unspecified atom stereocenters.